The summed E-state index contributed by atoms with van der Waals surface area (Å²) in [6, 6.07) is 6.88. The fourth-order valence-electron chi connectivity index (χ4n) is 4.00. The van der Waals surface area contributed by atoms with Crippen LogP contribution in [0.5, 0.6) is 0 Å². The Hall–Kier alpha value is -1.66. The van der Waals surface area contributed by atoms with E-state index in [0.29, 0.717) is 0 Å². The number of likely N-dealkylation sites (tertiary alicyclic amines) is 1. The Bertz CT molecular complexity index is 786. The smallest absolute Gasteiger partial charge is 0.253 e. The molecule has 5 nitrogen and oxygen atoms in total. The number of nitrogens with zero attached hydrogens (tertiary/aromatic N) is 4. The van der Waals surface area contributed by atoms with Gasteiger partial charge in [-0.2, -0.15) is 0 Å². The predicted octanol–water partition coefficient (Wildman–Crippen LogP) is 2.82. The van der Waals surface area contributed by atoms with Gasteiger partial charge in [0.25, 0.3) is 5.91 Å². The Balaban J connectivity index is 1.34. The topological polar surface area (TPSA) is 39.7 Å². The van der Waals surface area contributed by atoms with Gasteiger partial charge in [0.2, 0.25) is 0 Å². The summed E-state index contributed by atoms with van der Waals surface area (Å²) in [6.07, 6.45) is 5.02. The molecule has 5 rings (SSSR count). The maximum atomic E-state index is 12.6. The van der Waals surface area contributed by atoms with Crippen LogP contribution in [0.15, 0.2) is 18.2 Å². The molecule has 3 aliphatic rings. The van der Waals surface area contributed by atoms with E-state index < -0.39 is 0 Å². The summed E-state index contributed by atoms with van der Waals surface area (Å²) in [4.78, 5) is 24.4. The van der Waals surface area contributed by atoms with Gasteiger partial charge < -0.3 is 9.80 Å². The van der Waals surface area contributed by atoms with Gasteiger partial charge in [-0.15, -0.1) is 0 Å². The molecule has 2 saturated heterocycles. The summed E-state index contributed by atoms with van der Waals surface area (Å²) in [5.74, 6) is 0.159. The monoisotopic (exact) mass is 356 g/mol. The number of amides is 1. The number of anilines is 1. The van der Waals surface area contributed by atoms with E-state index in [4.69, 9.17) is 4.98 Å². The van der Waals surface area contributed by atoms with Gasteiger partial charge in [-0.25, -0.2) is 4.98 Å². The zero-order valence-electron chi connectivity index (χ0n) is 14.5. The lowest BCUT2D eigenvalue weighted by molar-refractivity contribution is 0.0793. The summed E-state index contributed by atoms with van der Waals surface area (Å²) >= 11 is 1.75. The number of aromatic nitrogens is 1. The molecule has 25 heavy (non-hydrogen) atoms. The van der Waals surface area contributed by atoms with Crippen LogP contribution < -0.4 is 4.90 Å². The number of fused-ring (bicyclic) bond motifs is 1. The highest BCUT2D eigenvalue weighted by molar-refractivity contribution is 7.22. The van der Waals surface area contributed by atoms with E-state index in [0.717, 1.165) is 74.4 Å². The molecule has 132 valence electrons. The van der Waals surface area contributed by atoms with Crippen molar-refractivity contribution in [2.24, 2.45) is 0 Å². The number of hydrogen-bond donors (Lipinski definition) is 0. The van der Waals surface area contributed by atoms with Crippen molar-refractivity contribution in [2.45, 2.75) is 31.7 Å². The number of thiazole rings is 1. The molecule has 2 aliphatic heterocycles. The Kier molecular flexibility index (Phi) is 3.90. The minimum Gasteiger partial charge on any atom is -0.345 e. The standard InChI is InChI=1S/C19H24N4OS/c24-18(22-7-1-2-8-22)14-3-6-17-16(13-14)20-19(25-17)23-11-9-21(10-12-23)15-4-5-15/h3,6,13,15H,1-2,4-5,7-12H2. The summed E-state index contributed by atoms with van der Waals surface area (Å²) in [6.45, 7) is 6.22. The van der Waals surface area contributed by atoms with Crippen molar-refractivity contribution in [3.63, 3.8) is 0 Å². The van der Waals surface area contributed by atoms with Crippen molar-refractivity contribution in [3.8, 4) is 0 Å². The number of carbonyl (C=O) groups is 1. The number of carbonyl (C=O) groups excluding carboxylic acids is 1. The molecule has 0 N–H and O–H groups in total. The molecule has 0 radical (unpaired) electrons. The molecule has 3 fully saturated rings. The van der Waals surface area contributed by atoms with Gasteiger partial charge in [-0.1, -0.05) is 11.3 Å². The fourth-order valence-corrected chi connectivity index (χ4v) is 5.00. The van der Waals surface area contributed by atoms with Crippen LogP contribution >= 0.6 is 11.3 Å². The second-order valence-corrected chi connectivity index (χ2v) is 8.44. The summed E-state index contributed by atoms with van der Waals surface area (Å²) in [5, 5.41) is 1.11. The molecular weight excluding hydrogens is 332 g/mol. The maximum absolute atomic E-state index is 12.6. The van der Waals surface area contributed by atoms with Crippen LogP contribution in [-0.2, 0) is 0 Å². The molecule has 0 bridgehead atoms. The molecule has 1 saturated carbocycles. The summed E-state index contributed by atoms with van der Waals surface area (Å²) in [5.41, 5.74) is 1.75. The molecule has 6 heteroatoms. The summed E-state index contributed by atoms with van der Waals surface area (Å²) < 4.78 is 1.18. The third-order valence-electron chi connectivity index (χ3n) is 5.66. The van der Waals surface area contributed by atoms with Gasteiger partial charge in [0, 0.05) is 50.9 Å². The first-order valence-corrected chi connectivity index (χ1v) is 10.3. The molecular formula is C19H24N4OS. The Labute approximate surface area is 152 Å². The van der Waals surface area contributed by atoms with Crippen LogP contribution in [0.2, 0.25) is 0 Å². The Morgan fingerprint density at radius 1 is 1.04 bits per heavy atom. The van der Waals surface area contributed by atoms with Crippen molar-refractivity contribution in [3.05, 3.63) is 23.8 Å². The average molecular weight is 356 g/mol. The van der Waals surface area contributed by atoms with Crippen LogP contribution in [0.3, 0.4) is 0 Å². The molecule has 1 aliphatic carbocycles. The van der Waals surface area contributed by atoms with Crippen LogP contribution in [0.4, 0.5) is 5.13 Å². The van der Waals surface area contributed by atoms with E-state index in [9.17, 15) is 4.79 Å². The van der Waals surface area contributed by atoms with Crippen molar-refractivity contribution in [2.75, 3.05) is 44.2 Å². The Morgan fingerprint density at radius 3 is 2.52 bits per heavy atom. The molecule has 2 aromatic rings. The molecule has 0 unspecified atom stereocenters. The number of benzene rings is 1. The lowest BCUT2D eigenvalue weighted by atomic mass is 10.2. The van der Waals surface area contributed by atoms with Gasteiger partial charge in [-0.3, -0.25) is 9.69 Å². The van der Waals surface area contributed by atoms with E-state index in [-0.39, 0.29) is 5.91 Å². The van der Waals surface area contributed by atoms with Gasteiger partial charge in [0.15, 0.2) is 5.13 Å². The van der Waals surface area contributed by atoms with E-state index >= 15 is 0 Å². The van der Waals surface area contributed by atoms with E-state index in [1.165, 1.54) is 17.5 Å². The molecule has 3 heterocycles. The van der Waals surface area contributed by atoms with Crippen molar-refractivity contribution < 1.29 is 4.79 Å². The number of piperazine rings is 1. The van der Waals surface area contributed by atoms with Gasteiger partial charge in [-0.05, 0) is 43.9 Å². The highest BCUT2D eigenvalue weighted by atomic mass is 32.1. The second kappa shape index (κ2) is 6.25. The fraction of sp³-hybridized carbons (Fsp3) is 0.579. The largest absolute Gasteiger partial charge is 0.345 e. The third-order valence-corrected chi connectivity index (χ3v) is 6.76. The predicted molar refractivity (Wildman–Crippen MR) is 102 cm³/mol. The first-order chi connectivity index (χ1) is 12.3. The zero-order chi connectivity index (χ0) is 16.8. The van der Waals surface area contributed by atoms with Crippen molar-refractivity contribution in [1.82, 2.24) is 14.8 Å². The zero-order valence-corrected chi connectivity index (χ0v) is 15.3. The maximum Gasteiger partial charge on any atom is 0.253 e. The van der Waals surface area contributed by atoms with Gasteiger partial charge in [0.1, 0.15) is 0 Å². The third kappa shape index (κ3) is 3.02. The normalized spacial score (nSPS) is 22.1. The lowest BCUT2D eigenvalue weighted by Gasteiger charge is -2.34. The van der Waals surface area contributed by atoms with Crippen LogP contribution in [0.25, 0.3) is 10.2 Å². The second-order valence-electron chi connectivity index (χ2n) is 7.43. The first-order valence-electron chi connectivity index (χ1n) is 9.47. The summed E-state index contributed by atoms with van der Waals surface area (Å²) in [7, 11) is 0. The van der Waals surface area contributed by atoms with Crippen LogP contribution in [0.1, 0.15) is 36.0 Å². The van der Waals surface area contributed by atoms with E-state index in [1.54, 1.807) is 11.3 Å². The van der Waals surface area contributed by atoms with Crippen molar-refractivity contribution >= 4 is 32.6 Å². The minimum atomic E-state index is 0.159. The van der Waals surface area contributed by atoms with Crippen LogP contribution in [0, 0.1) is 0 Å². The quantitative estimate of drug-likeness (QED) is 0.848. The van der Waals surface area contributed by atoms with Crippen molar-refractivity contribution in [1.29, 1.82) is 0 Å². The molecule has 0 atom stereocenters. The number of rotatable bonds is 3. The lowest BCUT2D eigenvalue weighted by Crippen LogP contribution is -2.47. The average Bonchev–Trinajstić information content (AvgIpc) is 3.19. The highest BCUT2D eigenvalue weighted by Gasteiger charge is 2.31. The SMILES string of the molecule is O=C(c1ccc2sc(N3CCN(C4CC4)CC3)nc2c1)N1CCCC1. The molecule has 0 spiro atoms. The minimum absolute atomic E-state index is 0.159. The molecule has 1 aromatic heterocycles. The molecule has 1 amide bonds. The van der Waals surface area contributed by atoms with Gasteiger partial charge in [0.05, 0.1) is 10.2 Å². The van der Waals surface area contributed by atoms with E-state index in [2.05, 4.69) is 15.9 Å². The highest BCUT2D eigenvalue weighted by Crippen LogP contribution is 2.32. The first kappa shape index (κ1) is 15.6. The van der Waals surface area contributed by atoms with Gasteiger partial charge >= 0.3 is 0 Å². The Morgan fingerprint density at radius 2 is 1.80 bits per heavy atom. The van der Waals surface area contributed by atoms with E-state index in [1.807, 2.05) is 17.0 Å². The number of hydrogen-bond acceptors (Lipinski definition) is 5. The molecule has 1 aromatic carbocycles. The van der Waals surface area contributed by atoms with Crippen LogP contribution in [-0.4, -0.2) is 66.0 Å².